The molecule has 132 valence electrons. The standard InChI is InChI=1S/C18H27N3O2S/c1-19-18(20-11-16-13-22-9-10-23-16)21-8-7-15(12-21)14-24-17-5-3-2-4-6-17/h2-6,15-16H,7-14H2,1H3,(H,19,20). The first-order valence-electron chi connectivity index (χ1n) is 8.68. The molecule has 6 heteroatoms. The van der Waals surface area contributed by atoms with Crippen molar-refractivity contribution >= 4 is 17.7 Å². The van der Waals surface area contributed by atoms with Gasteiger partial charge in [-0.15, -0.1) is 11.8 Å². The molecular weight excluding hydrogens is 322 g/mol. The lowest BCUT2D eigenvalue weighted by Gasteiger charge is -2.26. The second-order valence-electron chi connectivity index (χ2n) is 6.22. The molecule has 0 bridgehead atoms. The number of guanidine groups is 1. The van der Waals surface area contributed by atoms with Gasteiger partial charge in [-0.05, 0) is 24.5 Å². The molecule has 0 aromatic heterocycles. The fourth-order valence-corrected chi connectivity index (χ4v) is 4.13. The Morgan fingerprint density at radius 3 is 2.96 bits per heavy atom. The quantitative estimate of drug-likeness (QED) is 0.501. The molecule has 0 radical (unpaired) electrons. The van der Waals surface area contributed by atoms with Crippen molar-refractivity contribution in [2.75, 3.05) is 52.3 Å². The fourth-order valence-electron chi connectivity index (χ4n) is 3.08. The van der Waals surface area contributed by atoms with Gasteiger partial charge in [0.05, 0.1) is 25.9 Å². The van der Waals surface area contributed by atoms with Crippen molar-refractivity contribution in [3.8, 4) is 0 Å². The zero-order chi connectivity index (χ0) is 16.6. The van der Waals surface area contributed by atoms with E-state index in [9.17, 15) is 0 Å². The molecule has 0 aliphatic carbocycles. The van der Waals surface area contributed by atoms with Crippen LogP contribution in [-0.2, 0) is 9.47 Å². The van der Waals surface area contributed by atoms with Crippen molar-refractivity contribution < 1.29 is 9.47 Å². The minimum absolute atomic E-state index is 0.127. The van der Waals surface area contributed by atoms with E-state index in [1.54, 1.807) is 0 Å². The van der Waals surface area contributed by atoms with Gasteiger partial charge in [-0.2, -0.15) is 0 Å². The van der Waals surface area contributed by atoms with Gasteiger partial charge in [0.1, 0.15) is 0 Å². The molecule has 0 amide bonds. The average Bonchev–Trinajstić information content (AvgIpc) is 3.11. The molecule has 2 saturated heterocycles. The van der Waals surface area contributed by atoms with Crippen LogP contribution in [0.15, 0.2) is 40.2 Å². The van der Waals surface area contributed by atoms with Gasteiger partial charge in [0, 0.05) is 37.3 Å². The van der Waals surface area contributed by atoms with Gasteiger partial charge < -0.3 is 19.7 Å². The summed E-state index contributed by atoms with van der Waals surface area (Å²) in [6.45, 7) is 4.96. The number of aliphatic imine (C=N–C) groups is 1. The van der Waals surface area contributed by atoms with E-state index < -0.39 is 0 Å². The highest BCUT2D eigenvalue weighted by Crippen LogP contribution is 2.25. The monoisotopic (exact) mass is 349 g/mol. The first kappa shape index (κ1) is 17.6. The fraction of sp³-hybridized carbons (Fsp3) is 0.611. The van der Waals surface area contributed by atoms with Crippen LogP contribution in [0.2, 0.25) is 0 Å². The molecule has 1 aromatic rings. The molecule has 1 aromatic carbocycles. The predicted molar refractivity (Wildman–Crippen MR) is 98.8 cm³/mol. The molecule has 2 fully saturated rings. The van der Waals surface area contributed by atoms with E-state index >= 15 is 0 Å². The van der Waals surface area contributed by atoms with Crippen molar-refractivity contribution in [2.45, 2.75) is 17.4 Å². The molecular formula is C18H27N3O2S. The maximum Gasteiger partial charge on any atom is 0.193 e. The lowest BCUT2D eigenvalue weighted by atomic mass is 10.2. The normalized spacial score (nSPS) is 25.0. The zero-order valence-electron chi connectivity index (χ0n) is 14.3. The highest BCUT2D eigenvalue weighted by molar-refractivity contribution is 7.99. The summed E-state index contributed by atoms with van der Waals surface area (Å²) in [5.41, 5.74) is 0. The Hall–Kier alpha value is -1.24. The number of ether oxygens (including phenoxy) is 2. The molecule has 5 nitrogen and oxygen atoms in total. The number of hydrogen-bond donors (Lipinski definition) is 1. The molecule has 2 unspecified atom stereocenters. The maximum absolute atomic E-state index is 5.68. The Balaban J connectivity index is 1.41. The van der Waals surface area contributed by atoms with Gasteiger partial charge in [0.15, 0.2) is 5.96 Å². The number of hydrogen-bond acceptors (Lipinski definition) is 4. The summed E-state index contributed by atoms with van der Waals surface area (Å²) < 4.78 is 11.1. The van der Waals surface area contributed by atoms with Crippen LogP contribution in [-0.4, -0.2) is 69.2 Å². The molecule has 1 N–H and O–H groups in total. The van der Waals surface area contributed by atoms with Crippen molar-refractivity contribution in [2.24, 2.45) is 10.9 Å². The smallest absolute Gasteiger partial charge is 0.193 e. The highest BCUT2D eigenvalue weighted by atomic mass is 32.2. The van der Waals surface area contributed by atoms with Gasteiger partial charge in [-0.3, -0.25) is 4.99 Å². The number of nitrogens with zero attached hydrogens (tertiary/aromatic N) is 2. The molecule has 2 atom stereocenters. The second kappa shape index (κ2) is 9.30. The van der Waals surface area contributed by atoms with Crippen LogP contribution in [0.3, 0.4) is 0 Å². The van der Waals surface area contributed by atoms with Crippen LogP contribution in [0, 0.1) is 5.92 Å². The summed E-state index contributed by atoms with van der Waals surface area (Å²) >= 11 is 1.95. The van der Waals surface area contributed by atoms with E-state index in [2.05, 4.69) is 45.5 Å². The molecule has 24 heavy (non-hydrogen) atoms. The Morgan fingerprint density at radius 2 is 2.21 bits per heavy atom. The van der Waals surface area contributed by atoms with Crippen molar-refractivity contribution in [3.05, 3.63) is 30.3 Å². The van der Waals surface area contributed by atoms with Crippen LogP contribution < -0.4 is 5.32 Å². The zero-order valence-corrected chi connectivity index (χ0v) is 15.1. The first-order valence-corrected chi connectivity index (χ1v) is 9.66. The summed E-state index contributed by atoms with van der Waals surface area (Å²) in [5.74, 6) is 2.86. The van der Waals surface area contributed by atoms with Crippen molar-refractivity contribution in [3.63, 3.8) is 0 Å². The third-order valence-electron chi connectivity index (χ3n) is 4.40. The number of thioether (sulfide) groups is 1. The first-order chi connectivity index (χ1) is 11.8. The Kier molecular flexibility index (Phi) is 6.81. The number of nitrogens with one attached hydrogen (secondary N) is 1. The summed E-state index contributed by atoms with van der Waals surface area (Å²) in [7, 11) is 1.85. The molecule has 0 spiro atoms. The van der Waals surface area contributed by atoms with Crippen molar-refractivity contribution in [1.29, 1.82) is 0 Å². The number of benzene rings is 1. The molecule has 2 heterocycles. The van der Waals surface area contributed by atoms with E-state index in [-0.39, 0.29) is 6.10 Å². The van der Waals surface area contributed by atoms with Crippen LogP contribution >= 0.6 is 11.8 Å². The van der Waals surface area contributed by atoms with Crippen molar-refractivity contribution in [1.82, 2.24) is 10.2 Å². The summed E-state index contributed by atoms with van der Waals surface area (Å²) in [6, 6.07) is 10.6. The SMILES string of the molecule is CN=C(NCC1COCCO1)N1CCC(CSc2ccccc2)C1. The summed E-state index contributed by atoms with van der Waals surface area (Å²) in [4.78, 5) is 8.15. The summed E-state index contributed by atoms with van der Waals surface area (Å²) in [5, 5.41) is 3.44. The van der Waals surface area contributed by atoms with Crippen LogP contribution in [0.25, 0.3) is 0 Å². The Morgan fingerprint density at radius 1 is 1.33 bits per heavy atom. The number of rotatable bonds is 5. The van der Waals surface area contributed by atoms with Gasteiger partial charge in [0.2, 0.25) is 0 Å². The van der Waals surface area contributed by atoms with Gasteiger partial charge in [-0.25, -0.2) is 0 Å². The van der Waals surface area contributed by atoms with E-state index in [1.807, 2.05) is 18.8 Å². The molecule has 0 saturated carbocycles. The van der Waals surface area contributed by atoms with E-state index in [0.717, 1.165) is 31.3 Å². The average molecular weight is 350 g/mol. The predicted octanol–water partition coefficient (Wildman–Crippen LogP) is 2.09. The molecule has 2 aliphatic rings. The Bertz CT molecular complexity index is 520. The van der Waals surface area contributed by atoms with Crippen LogP contribution in [0.1, 0.15) is 6.42 Å². The van der Waals surface area contributed by atoms with Gasteiger partial charge >= 0.3 is 0 Å². The van der Waals surface area contributed by atoms with E-state index in [1.165, 1.54) is 11.3 Å². The van der Waals surface area contributed by atoms with Gasteiger partial charge in [-0.1, -0.05) is 18.2 Å². The molecule has 3 rings (SSSR count). The van der Waals surface area contributed by atoms with E-state index in [4.69, 9.17) is 9.47 Å². The Labute approximate surface area is 148 Å². The second-order valence-corrected chi connectivity index (χ2v) is 7.31. The molecule has 2 aliphatic heterocycles. The topological polar surface area (TPSA) is 46.1 Å². The number of likely N-dealkylation sites (tertiary alicyclic amines) is 1. The van der Waals surface area contributed by atoms with Crippen LogP contribution in [0.5, 0.6) is 0 Å². The minimum atomic E-state index is 0.127. The largest absolute Gasteiger partial charge is 0.376 e. The maximum atomic E-state index is 5.68. The summed E-state index contributed by atoms with van der Waals surface area (Å²) in [6.07, 6.45) is 1.35. The van der Waals surface area contributed by atoms with E-state index in [0.29, 0.717) is 25.7 Å². The minimum Gasteiger partial charge on any atom is -0.376 e. The third kappa shape index (κ3) is 5.13. The lowest BCUT2D eigenvalue weighted by molar-refractivity contribution is -0.0851. The van der Waals surface area contributed by atoms with Gasteiger partial charge in [0.25, 0.3) is 0 Å². The lowest BCUT2D eigenvalue weighted by Crippen LogP contribution is -2.46. The van der Waals surface area contributed by atoms with Crippen LogP contribution in [0.4, 0.5) is 0 Å². The highest BCUT2D eigenvalue weighted by Gasteiger charge is 2.25. The third-order valence-corrected chi connectivity index (χ3v) is 5.64.